The summed E-state index contributed by atoms with van der Waals surface area (Å²) in [6.07, 6.45) is 0.742. The molecule has 110 valence electrons. The number of nitrogens with one attached hydrogen (secondary N) is 1. The van der Waals surface area contributed by atoms with Crippen molar-refractivity contribution in [2.75, 3.05) is 11.9 Å². The highest BCUT2D eigenvalue weighted by Gasteiger charge is 2.17. The van der Waals surface area contributed by atoms with Crippen LogP contribution in [0.5, 0.6) is 0 Å². The van der Waals surface area contributed by atoms with Gasteiger partial charge in [0.05, 0.1) is 28.0 Å². The highest BCUT2D eigenvalue weighted by atomic mass is 32.1. The first-order valence-electron chi connectivity index (χ1n) is 6.78. The molecule has 0 amide bonds. The molecule has 0 saturated carbocycles. The van der Waals surface area contributed by atoms with Gasteiger partial charge in [-0.2, -0.15) is 5.26 Å². The average Bonchev–Trinajstić information content (AvgIpc) is 2.89. The van der Waals surface area contributed by atoms with E-state index in [4.69, 9.17) is 5.26 Å². The molecule has 0 unspecified atom stereocenters. The summed E-state index contributed by atoms with van der Waals surface area (Å²) in [5.41, 5.74) is 1.83. The summed E-state index contributed by atoms with van der Waals surface area (Å²) in [6, 6.07) is 6.35. The van der Waals surface area contributed by atoms with Gasteiger partial charge in [-0.25, -0.2) is 9.37 Å². The van der Waals surface area contributed by atoms with Gasteiger partial charge in [-0.15, -0.1) is 11.3 Å². The number of anilines is 1. The van der Waals surface area contributed by atoms with E-state index >= 15 is 0 Å². The van der Waals surface area contributed by atoms with Gasteiger partial charge in [-0.1, -0.05) is 20.8 Å². The van der Waals surface area contributed by atoms with Crippen LogP contribution in [-0.4, -0.2) is 11.5 Å². The van der Waals surface area contributed by atoms with Crippen LogP contribution in [0.15, 0.2) is 23.6 Å². The van der Waals surface area contributed by atoms with Crippen molar-refractivity contribution in [2.24, 2.45) is 0 Å². The van der Waals surface area contributed by atoms with Crippen molar-refractivity contribution in [3.63, 3.8) is 0 Å². The van der Waals surface area contributed by atoms with Crippen LogP contribution in [0.25, 0.3) is 0 Å². The number of nitrogens with zero attached hydrogens (tertiary/aromatic N) is 2. The molecule has 21 heavy (non-hydrogen) atoms. The Bertz CT molecular complexity index is 665. The van der Waals surface area contributed by atoms with Crippen LogP contribution in [0.3, 0.4) is 0 Å². The third kappa shape index (κ3) is 4.02. The maximum Gasteiger partial charge on any atom is 0.147 e. The Labute approximate surface area is 128 Å². The first kappa shape index (κ1) is 15.5. The van der Waals surface area contributed by atoms with E-state index in [9.17, 15) is 4.39 Å². The van der Waals surface area contributed by atoms with Crippen molar-refractivity contribution >= 4 is 17.0 Å². The molecular weight excluding hydrogens is 285 g/mol. The molecule has 0 aliphatic heterocycles. The normalized spacial score (nSPS) is 11.2. The zero-order chi connectivity index (χ0) is 15.5. The lowest BCUT2D eigenvalue weighted by Gasteiger charge is -2.13. The number of hydrogen-bond acceptors (Lipinski definition) is 4. The monoisotopic (exact) mass is 303 g/mol. The third-order valence-electron chi connectivity index (χ3n) is 2.99. The molecule has 3 nitrogen and oxygen atoms in total. The predicted octanol–water partition coefficient (Wildman–Crippen LogP) is 4.11. The number of aromatic nitrogens is 1. The molecule has 1 aromatic heterocycles. The third-order valence-corrected chi connectivity index (χ3v) is 4.30. The van der Waals surface area contributed by atoms with E-state index in [0.717, 1.165) is 17.1 Å². The molecule has 2 aromatic rings. The van der Waals surface area contributed by atoms with Gasteiger partial charge in [0.2, 0.25) is 0 Å². The summed E-state index contributed by atoms with van der Waals surface area (Å²) < 4.78 is 13.7. The molecule has 0 fully saturated rings. The Morgan fingerprint density at radius 3 is 2.71 bits per heavy atom. The summed E-state index contributed by atoms with van der Waals surface area (Å²) in [4.78, 5) is 4.60. The molecule has 2 rings (SSSR count). The number of hydrogen-bond donors (Lipinski definition) is 1. The minimum atomic E-state index is -0.400. The molecule has 0 radical (unpaired) electrons. The van der Waals surface area contributed by atoms with Gasteiger partial charge < -0.3 is 5.32 Å². The first-order valence-corrected chi connectivity index (χ1v) is 7.66. The summed E-state index contributed by atoms with van der Waals surface area (Å²) in [7, 11) is 0. The standard InChI is InChI=1S/C16H18FN3S/c1-16(2,3)15-20-12(10-21-15)6-7-19-14-5-4-11(9-18)8-13(14)17/h4-5,8,10,19H,6-7H2,1-3H3. The number of rotatable bonds is 4. The summed E-state index contributed by atoms with van der Waals surface area (Å²) in [6.45, 7) is 7.02. The highest BCUT2D eigenvalue weighted by molar-refractivity contribution is 7.09. The Hall–Kier alpha value is -1.93. The van der Waals surface area contributed by atoms with E-state index in [1.807, 2.05) is 6.07 Å². The van der Waals surface area contributed by atoms with Crippen LogP contribution < -0.4 is 5.32 Å². The second-order valence-corrected chi connectivity index (χ2v) is 6.74. The lowest BCUT2D eigenvalue weighted by Crippen LogP contribution is -2.11. The van der Waals surface area contributed by atoms with E-state index in [1.54, 1.807) is 23.5 Å². The van der Waals surface area contributed by atoms with Gasteiger partial charge >= 0.3 is 0 Å². The molecule has 1 aromatic carbocycles. The lowest BCUT2D eigenvalue weighted by atomic mass is 9.98. The molecule has 0 aliphatic carbocycles. The maximum atomic E-state index is 13.7. The average molecular weight is 303 g/mol. The number of halogens is 1. The highest BCUT2D eigenvalue weighted by Crippen LogP contribution is 2.25. The topological polar surface area (TPSA) is 48.7 Å². The fourth-order valence-corrected chi connectivity index (χ4v) is 2.76. The number of thiazole rings is 1. The van der Waals surface area contributed by atoms with E-state index in [2.05, 4.69) is 36.5 Å². The first-order chi connectivity index (χ1) is 9.90. The van der Waals surface area contributed by atoms with Crippen molar-refractivity contribution in [3.05, 3.63) is 45.7 Å². The molecule has 0 atom stereocenters. The van der Waals surface area contributed by atoms with Crippen LogP contribution in [0, 0.1) is 17.1 Å². The van der Waals surface area contributed by atoms with Crippen LogP contribution in [0.1, 0.15) is 37.0 Å². The van der Waals surface area contributed by atoms with Gasteiger partial charge in [0, 0.05) is 23.8 Å². The van der Waals surface area contributed by atoms with Crippen LogP contribution in [-0.2, 0) is 11.8 Å². The molecule has 1 N–H and O–H groups in total. The van der Waals surface area contributed by atoms with Gasteiger partial charge in [-0.05, 0) is 18.2 Å². The minimum absolute atomic E-state index is 0.0651. The Morgan fingerprint density at radius 2 is 2.14 bits per heavy atom. The minimum Gasteiger partial charge on any atom is -0.382 e. The van der Waals surface area contributed by atoms with Crippen LogP contribution >= 0.6 is 11.3 Å². The van der Waals surface area contributed by atoms with E-state index in [-0.39, 0.29) is 5.41 Å². The molecule has 5 heteroatoms. The van der Waals surface area contributed by atoms with Crippen molar-refractivity contribution in [1.82, 2.24) is 4.98 Å². The molecule has 0 saturated heterocycles. The lowest BCUT2D eigenvalue weighted by molar-refractivity contribution is 0.583. The van der Waals surface area contributed by atoms with Crippen molar-refractivity contribution < 1.29 is 4.39 Å². The Kier molecular flexibility index (Phi) is 4.59. The van der Waals surface area contributed by atoms with Gasteiger partial charge in [0.15, 0.2) is 0 Å². The Morgan fingerprint density at radius 1 is 1.38 bits per heavy atom. The van der Waals surface area contributed by atoms with Crippen molar-refractivity contribution in [3.8, 4) is 6.07 Å². The Balaban J connectivity index is 1.93. The van der Waals surface area contributed by atoms with Gasteiger partial charge in [0.1, 0.15) is 5.82 Å². The SMILES string of the molecule is CC(C)(C)c1nc(CCNc2ccc(C#N)cc2F)cs1. The van der Waals surface area contributed by atoms with Crippen LogP contribution in [0.4, 0.5) is 10.1 Å². The van der Waals surface area contributed by atoms with E-state index in [0.29, 0.717) is 17.8 Å². The largest absolute Gasteiger partial charge is 0.382 e. The zero-order valence-corrected chi connectivity index (χ0v) is 13.2. The van der Waals surface area contributed by atoms with E-state index in [1.165, 1.54) is 6.07 Å². The fraction of sp³-hybridized carbons (Fsp3) is 0.375. The predicted molar refractivity (Wildman–Crippen MR) is 84.1 cm³/mol. The zero-order valence-electron chi connectivity index (χ0n) is 12.4. The number of benzene rings is 1. The van der Waals surface area contributed by atoms with E-state index < -0.39 is 5.82 Å². The van der Waals surface area contributed by atoms with Crippen LogP contribution in [0.2, 0.25) is 0 Å². The second kappa shape index (κ2) is 6.23. The maximum absolute atomic E-state index is 13.7. The second-order valence-electron chi connectivity index (χ2n) is 5.88. The molecular formula is C16H18FN3S. The molecule has 1 heterocycles. The van der Waals surface area contributed by atoms with Crippen molar-refractivity contribution in [2.45, 2.75) is 32.6 Å². The smallest absolute Gasteiger partial charge is 0.147 e. The summed E-state index contributed by atoms with van der Waals surface area (Å²) >= 11 is 1.66. The molecule has 0 aliphatic rings. The molecule has 0 bridgehead atoms. The summed E-state index contributed by atoms with van der Waals surface area (Å²) in [5, 5.41) is 14.9. The van der Waals surface area contributed by atoms with Crippen molar-refractivity contribution in [1.29, 1.82) is 5.26 Å². The molecule has 0 spiro atoms. The summed E-state index contributed by atoms with van der Waals surface area (Å²) in [5.74, 6) is -0.400. The van der Waals surface area contributed by atoms with Gasteiger partial charge in [0.25, 0.3) is 0 Å². The fourth-order valence-electron chi connectivity index (χ4n) is 1.82. The van der Waals surface area contributed by atoms with Gasteiger partial charge in [-0.3, -0.25) is 0 Å². The number of nitriles is 1. The quantitative estimate of drug-likeness (QED) is 0.925.